The lowest BCUT2D eigenvalue weighted by molar-refractivity contribution is 0.816. The number of nitriles is 1. The monoisotopic (exact) mass is 546 g/mol. The summed E-state index contributed by atoms with van der Waals surface area (Å²) in [5.74, 6) is 0.981. The summed E-state index contributed by atoms with van der Waals surface area (Å²) in [6, 6.07) is 22.6. The number of nitrogens with one attached hydrogen (secondary N) is 4. The summed E-state index contributed by atoms with van der Waals surface area (Å²) < 4.78 is 1.33. The Hall–Kier alpha value is -5.90. The predicted octanol–water partition coefficient (Wildman–Crippen LogP) is 3.15. The molecule has 1 aromatic carbocycles. The van der Waals surface area contributed by atoms with Crippen LogP contribution in [0.5, 0.6) is 0 Å². The van der Waals surface area contributed by atoms with Crippen LogP contribution in [0.4, 0.5) is 23.8 Å². The van der Waals surface area contributed by atoms with Gasteiger partial charge in [-0.15, -0.1) is 0 Å². The van der Waals surface area contributed by atoms with Crippen LogP contribution in [0.25, 0.3) is 11.3 Å². The topological polar surface area (TPSA) is 171 Å². The number of rotatable bonds is 11. The average molecular weight is 547 g/mol. The van der Waals surface area contributed by atoms with Gasteiger partial charge in [-0.1, -0.05) is 42.5 Å². The zero-order valence-corrected chi connectivity index (χ0v) is 22.1. The first-order chi connectivity index (χ1) is 20.1. The average Bonchev–Trinajstić information content (AvgIpc) is 3.02. The molecule has 0 amide bonds. The van der Waals surface area contributed by atoms with Crippen LogP contribution < -0.4 is 27.0 Å². The zero-order chi connectivity index (χ0) is 28.4. The molecule has 0 fully saturated rings. The van der Waals surface area contributed by atoms with E-state index in [-0.39, 0.29) is 23.9 Å². The lowest BCUT2D eigenvalue weighted by Crippen LogP contribution is -2.28. The highest BCUT2D eigenvalue weighted by molar-refractivity contribution is 5.64. The minimum Gasteiger partial charge on any atom is -0.348 e. The fraction of sp³-hybridized carbons (Fsp3) is 0.143. The lowest BCUT2D eigenvalue weighted by atomic mass is 10.1. The molecule has 5 aromatic rings. The SMILES string of the molecule is Cn1c(NNc2nc(NCc3ccccn3)nc(NCc3ccccn3)n2)nc(-c2ccccc2)c(CC#N)c1=O. The van der Waals surface area contributed by atoms with Crippen molar-refractivity contribution in [2.45, 2.75) is 19.5 Å². The lowest BCUT2D eigenvalue weighted by Gasteiger charge is -2.16. The van der Waals surface area contributed by atoms with Crippen LogP contribution in [0.1, 0.15) is 17.0 Å². The molecule has 5 rings (SSSR count). The van der Waals surface area contributed by atoms with Gasteiger partial charge in [-0.05, 0) is 24.3 Å². The van der Waals surface area contributed by atoms with E-state index in [1.165, 1.54) is 4.57 Å². The van der Waals surface area contributed by atoms with E-state index in [1.807, 2.05) is 66.7 Å². The smallest absolute Gasteiger partial charge is 0.259 e. The highest BCUT2D eigenvalue weighted by Gasteiger charge is 2.17. The fourth-order valence-electron chi connectivity index (χ4n) is 3.88. The molecule has 204 valence electrons. The molecule has 4 N–H and O–H groups in total. The minimum atomic E-state index is -0.337. The van der Waals surface area contributed by atoms with E-state index in [9.17, 15) is 10.1 Å². The minimum absolute atomic E-state index is 0.0678. The number of anilines is 4. The highest BCUT2D eigenvalue weighted by Crippen LogP contribution is 2.21. The van der Waals surface area contributed by atoms with Gasteiger partial charge in [-0.2, -0.15) is 20.2 Å². The number of pyridine rings is 2. The number of hydrogen-bond acceptors (Lipinski definition) is 12. The van der Waals surface area contributed by atoms with E-state index in [2.05, 4.69) is 57.5 Å². The largest absolute Gasteiger partial charge is 0.348 e. The van der Waals surface area contributed by atoms with Crippen molar-refractivity contribution in [3.05, 3.63) is 106 Å². The first-order valence-corrected chi connectivity index (χ1v) is 12.7. The predicted molar refractivity (Wildman–Crippen MR) is 154 cm³/mol. The highest BCUT2D eigenvalue weighted by atomic mass is 16.1. The van der Waals surface area contributed by atoms with Crippen molar-refractivity contribution in [3.63, 3.8) is 0 Å². The number of nitrogens with zero attached hydrogens (tertiary/aromatic N) is 8. The van der Waals surface area contributed by atoms with Crippen LogP contribution in [0.15, 0.2) is 83.9 Å². The van der Waals surface area contributed by atoms with Crippen molar-refractivity contribution >= 4 is 23.8 Å². The number of hydrazine groups is 1. The number of hydrogen-bond donors (Lipinski definition) is 4. The Kier molecular flexibility index (Phi) is 8.31. The normalized spacial score (nSPS) is 10.4. The van der Waals surface area contributed by atoms with Crippen molar-refractivity contribution in [1.29, 1.82) is 5.26 Å². The van der Waals surface area contributed by atoms with Gasteiger partial charge in [0.2, 0.25) is 23.8 Å². The molecule has 0 bridgehead atoms. The molecule has 0 atom stereocenters. The molecule has 41 heavy (non-hydrogen) atoms. The maximum atomic E-state index is 13.2. The van der Waals surface area contributed by atoms with Crippen LogP contribution >= 0.6 is 0 Å². The molecular weight excluding hydrogens is 520 g/mol. The molecule has 0 aliphatic rings. The third-order valence-corrected chi connectivity index (χ3v) is 5.92. The van der Waals surface area contributed by atoms with Gasteiger partial charge >= 0.3 is 0 Å². The Labute approximate surface area is 235 Å². The van der Waals surface area contributed by atoms with Gasteiger partial charge < -0.3 is 10.6 Å². The summed E-state index contributed by atoms with van der Waals surface area (Å²) in [5, 5.41) is 15.6. The van der Waals surface area contributed by atoms with Gasteiger partial charge in [0.25, 0.3) is 5.56 Å². The third kappa shape index (κ3) is 6.76. The molecule has 0 saturated heterocycles. The van der Waals surface area contributed by atoms with Gasteiger partial charge in [0.05, 0.1) is 48.2 Å². The summed E-state index contributed by atoms with van der Waals surface area (Å²) in [6.45, 7) is 0.794. The van der Waals surface area contributed by atoms with Crippen molar-refractivity contribution in [1.82, 2.24) is 34.5 Å². The molecular formula is C28H26N12O. The van der Waals surface area contributed by atoms with Crippen molar-refractivity contribution in [2.75, 3.05) is 21.5 Å². The second-order valence-electron chi connectivity index (χ2n) is 8.73. The molecule has 0 saturated carbocycles. The standard InChI is InChI=1S/C28H26N12O/c1-40-24(41)22(13-14-29)23(19-9-3-2-4-10-19)34-28(40)39-38-27-36-25(32-17-20-11-5-7-15-30-20)35-26(37-27)33-18-21-12-6-8-16-31-21/h2-12,15-16H,13,17-18H2,1H3,(H,34,39)(H3,32,33,35,36,37,38). The van der Waals surface area contributed by atoms with Crippen molar-refractivity contribution in [2.24, 2.45) is 7.05 Å². The van der Waals surface area contributed by atoms with E-state index in [4.69, 9.17) is 0 Å². The third-order valence-electron chi connectivity index (χ3n) is 5.92. The summed E-state index contributed by atoms with van der Waals surface area (Å²) in [5.41, 5.74) is 8.61. The second kappa shape index (κ2) is 12.8. The van der Waals surface area contributed by atoms with Crippen LogP contribution in [0.2, 0.25) is 0 Å². The Balaban J connectivity index is 1.41. The second-order valence-corrected chi connectivity index (χ2v) is 8.73. The molecule has 0 aliphatic heterocycles. The molecule has 13 heteroatoms. The molecule has 0 aliphatic carbocycles. The van der Waals surface area contributed by atoms with Crippen molar-refractivity contribution in [3.8, 4) is 17.3 Å². The zero-order valence-electron chi connectivity index (χ0n) is 22.1. The quantitative estimate of drug-likeness (QED) is 0.179. The molecule has 0 unspecified atom stereocenters. The van der Waals surface area contributed by atoms with Gasteiger partial charge in [-0.25, -0.2) is 4.98 Å². The van der Waals surface area contributed by atoms with Crippen LogP contribution in [0, 0.1) is 11.3 Å². The molecule has 4 heterocycles. The maximum absolute atomic E-state index is 13.2. The van der Waals surface area contributed by atoms with E-state index >= 15 is 0 Å². The van der Waals surface area contributed by atoms with Gasteiger partial charge in [0.1, 0.15) is 0 Å². The van der Waals surface area contributed by atoms with Gasteiger partial charge in [-0.3, -0.25) is 30.2 Å². The Morgan fingerprint density at radius 2 is 1.34 bits per heavy atom. The first-order valence-electron chi connectivity index (χ1n) is 12.7. The molecule has 4 aromatic heterocycles. The van der Waals surface area contributed by atoms with Gasteiger partial charge in [0, 0.05) is 25.0 Å². The number of benzene rings is 1. The van der Waals surface area contributed by atoms with E-state index < -0.39 is 0 Å². The summed E-state index contributed by atoms with van der Waals surface area (Å²) in [6.07, 6.45) is 3.36. The summed E-state index contributed by atoms with van der Waals surface area (Å²) >= 11 is 0. The van der Waals surface area contributed by atoms with Crippen LogP contribution in [-0.2, 0) is 26.6 Å². The number of aromatic nitrogens is 7. The van der Waals surface area contributed by atoms with Gasteiger partial charge in [0.15, 0.2) is 0 Å². The van der Waals surface area contributed by atoms with E-state index in [1.54, 1.807) is 19.4 Å². The molecule has 0 spiro atoms. The first kappa shape index (κ1) is 26.7. The van der Waals surface area contributed by atoms with Crippen LogP contribution in [0.3, 0.4) is 0 Å². The Bertz CT molecular complexity index is 1640. The molecule has 0 radical (unpaired) electrons. The van der Waals surface area contributed by atoms with E-state index in [0.717, 1.165) is 17.0 Å². The maximum Gasteiger partial charge on any atom is 0.259 e. The Morgan fingerprint density at radius 1 is 0.756 bits per heavy atom. The summed E-state index contributed by atoms with van der Waals surface area (Å²) in [7, 11) is 1.57. The van der Waals surface area contributed by atoms with E-state index in [0.29, 0.717) is 36.2 Å². The Morgan fingerprint density at radius 3 is 1.90 bits per heavy atom. The fourth-order valence-corrected chi connectivity index (χ4v) is 3.88. The summed E-state index contributed by atoms with van der Waals surface area (Å²) in [4.78, 5) is 39.8. The van der Waals surface area contributed by atoms with Crippen LogP contribution in [-0.4, -0.2) is 34.5 Å². The van der Waals surface area contributed by atoms with Crippen molar-refractivity contribution < 1.29 is 0 Å². The molecule has 13 nitrogen and oxygen atoms in total.